The average Bonchev–Trinajstić information content (AvgIpc) is 2.77. The number of fused-ring (bicyclic) bond motifs is 1. The van der Waals surface area contributed by atoms with Gasteiger partial charge < -0.3 is 9.64 Å². The largest absolute Gasteiger partial charge is 0.468 e. The molecule has 2 aromatic rings. The molecular formula is C23H26F3N3O2. The molecule has 0 spiro atoms. The third-order valence-corrected chi connectivity index (χ3v) is 6.04. The number of likely N-dealkylation sites (tertiary alicyclic amines) is 1. The number of hydrogen-bond donors (Lipinski definition) is 0. The maximum atomic E-state index is 12.8. The van der Waals surface area contributed by atoms with E-state index in [1.165, 1.54) is 35.0 Å². The Kier molecular flexibility index (Phi) is 6.18. The van der Waals surface area contributed by atoms with Crippen LogP contribution in [0.25, 0.3) is 0 Å². The number of carbonyl (C=O) groups excluding carboxylic acids is 1. The van der Waals surface area contributed by atoms with Crippen LogP contribution >= 0.6 is 0 Å². The van der Waals surface area contributed by atoms with E-state index in [4.69, 9.17) is 0 Å². The Labute approximate surface area is 179 Å². The molecule has 0 radical (unpaired) electrons. The molecule has 2 aliphatic rings. The molecular weight excluding hydrogens is 407 g/mol. The summed E-state index contributed by atoms with van der Waals surface area (Å²) in [6, 6.07) is 9.90. The van der Waals surface area contributed by atoms with Crippen LogP contribution in [0.5, 0.6) is 5.88 Å². The lowest BCUT2D eigenvalue weighted by Crippen LogP contribution is -2.48. The highest BCUT2D eigenvalue weighted by Crippen LogP contribution is 2.26. The van der Waals surface area contributed by atoms with E-state index in [9.17, 15) is 18.0 Å². The summed E-state index contributed by atoms with van der Waals surface area (Å²) in [7, 11) is 0. The van der Waals surface area contributed by atoms with E-state index in [0.717, 1.165) is 32.4 Å². The summed E-state index contributed by atoms with van der Waals surface area (Å²) in [5, 5.41) is 0. The van der Waals surface area contributed by atoms with E-state index < -0.39 is 12.8 Å². The molecule has 1 aromatic heterocycles. The average molecular weight is 433 g/mol. The molecule has 5 nitrogen and oxygen atoms in total. The maximum absolute atomic E-state index is 12.8. The van der Waals surface area contributed by atoms with Crippen LogP contribution in [0.2, 0.25) is 0 Å². The van der Waals surface area contributed by atoms with Crippen molar-refractivity contribution < 1.29 is 22.7 Å². The number of ether oxygens (including phenoxy) is 1. The Morgan fingerprint density at radius 2 is 1.90 bits per heavy atom. The summed E-state index contributed by atoms with van der Waals surface area (Å²) in [5.41, 5.74) is 4.50. The molecule has 1 saturated heterocycles. The van der Waals surface area contributed by atoms with E-state index in [1.807, 2.05) is 0 Å². The number of aromatic nitrogens is 1. The van der Waals surface area contributed by atoms with E-state index in [0.29, 0.717) is 24.7 Å². The predicted octanol–water partition coefficient (Wildman–Crippen LogP) is 3.99. The first-order valence-corrected chi connectivity index (χ1v) is 10.6. The molecule has 31 heavy (non-hydrogen) atoms. The Bertz CT molecular complexity index is 923. The minimum absolute atomic E-state index is 0.145. The summed E-state index contributed by atoms with van der Waals surface area (Å²) in [4.78, 5) is 20.9. The number of alkyl halides is 3. The first kappa shape index (κ1) is 21.6. The zero-order valence-electron chi connectivity index (χ0n) is 17.5. The summed E-state index contributed by atoms with van der Waals surface area (Å²) in [6.07, 6.45) is -0.259. The molecule has 1 aromatic carbocycles. The van der Waals surface area contributed by atoms with Gasteiger partial charge in [0.2, 0.25) is 5.88 Å². The van der Waals surface area contributed by atoms with Crippen molar-refractivity contribution in [3.63, 3.8) is 0 Å². The molecule has 2 aliphatic heterocycles. The van der Waals surface area contributed by atoms with Gasteiger partial charge in [0, 0.05) is 44.5 Å². The number of benzene rings is 1. The van der Waals surface area contributed by atoms with Crippen molar-refractivity contribution in [3.8, 4) is 5.88 Å². The van der Waals surface area contributed by atoms with Gasteiger partial charge in [-0.1, -0.05) is 23.8 Å². The second-order valence-corrected chi connectivity index (χ2v) is 8.30. The summed E-state index contributed by atoms with van der Waals surface area (Å²) < 4.78 is 41.3. The SMILES string of the molecule is Cc1ccc2c(c1)CCN(C1CCN(C(=O)c3ccc(OCC(F)(F)F)nc3)CC1)C2. The van der Waals surface area contributed by atoms with Crippen molar-refractivity contribution in [1.29, 1.82) is 0 Å². The Hall–Kier alpha value is -2.61. The van der Waals surface area contributed by atoms with Gasteiger partial charge in [-0.3, -0.25) is 9.69 Å². The minimum atomic E-state index is -4.42. The highest BCUT2D eigenvalue weighted by Gasteiger charge is 2.30. The van der Waals surface area contributed by atoms with Crippen LogP contribution in [-0.2, 0) is 13.0 Å². The van der Waals surface area contributed by atoms with Crippen LogP contribution in [0, 0.1) is 6.92 Å². The van der Waals surface area contributed by atoms with Crippen molar-refractivity contribution in [3.05, 3.63) is 58.8 Å². The van der Waals surface area contributed by atoms with Crippen LogP contribution in [0.4, 0.5) is 13.2 Å². The molecule has 0 saturated carbocycles. The minimum Gasteiger partial charge on any atom is -0.468 e. The monoisotopic (exact) mass is 433 g/mol. The van der Waals surface area contributed by atoms with Crippen LogP contribution in [0.1, 0.15) is 39.9 Å². The molecule has 0 bridgehead atoms. The lowest BCUT2D eigenvalue weighted by Gasteiger charge is -2.40. The van der Waals surface area contributed by atoms with Crippen molar-refractivity contribution in [2.45, 2.75) is 44.9 Å². The quantitative estimate of drug-likeness (QED) is 0.732. The van der Waals surface area contributed by atoms with Gasteiger partial charge in [0.1, 0.15) is 0 Å². The van der Waals surface area contributed by atoms with Gasteiger partial charge in [-0.15, -0.1) is 0 Å². The number of piperidine rings is 1. The van der Waals surface area contributed by atoms with E-state index in [-0.39, 0.29) is 11.8 Å². The number of aryl methyl sites for hydroxylation is 1. The molecule has 0 aliphatic carbocycles. The number of carbonyl (C=O) groups is 1. The second-order valence-electron chi connectivity index (χ2n) is 8.30. The normalized spacial score (nSPS) is 18.0. The smallest absolute Gasteiger partial charge is 0.422 e. The number of pyridine rings is 1. The van der Waals surface area contributed by atoms with E-state index in [1.54, 1.807) is 4.90 Å². The lowest BCUT2D eigenvalue weighted by atomic mass is 9.94. The Morgan fingerprint density at radius 3 is 2.58 bits per heavy atom. The number of rotatable bonds is 4. The van der Waals surface area contributed by atoms with Gasteiger partial charge in [-0.05, 0) is 43.4 Å². The Balaban J connectivity index is 1.29. The van der Waals surface area contributed by atoms with Crippen LogP contribution in [0.15, 0.2) is 36.5 Å². The fraction of sp³-hybridized carbons (Fsp3) is 0.478. The van der Waals surface area contributed by atoms with Gasteiger partial charge in [0.15, 0.2) is 6.61 Å². The topological polar surface area (TPSA) is 45.7 Å². The van der Waals surface area contributed by atoms with Crippen molar-refractivity contribution in [1.82, 2.24) is 14.8 Å². The third-order valence-electron chi connectivity index (χ3n) is 6.04. The number of halogens is 3. The van der Waals surface area contributed by atoms with Gasteiger partial charge in [-0.2, -0.15) is 13.2 Å². The molecule has 1 amide bonds. The van der Waals surface area contributed by atoms with Gasteiger partial charge >= 0.3 is 6.18 Å². The van der Waals surface area contributed by atoms with Crippen molar-refractivity contribution in [2.24, 2.45) is 0 Å². The second kappa shape index (κ2) is 8.86. The third kappa shape index (κ3) is 5.36. The van der Waals surface area contributed by atoms with Crippen LogP contribution in [-0.4, -0.2) is 59.2 Å². The molecule has 4 rings (SSSR count). The zero-order chi connectivity index (χ0) is 22.0. The van der Waals surface area contributed by atoms with Gasteiger partial charge in [0.25, 0.3) is 5.91 Å². The summed E-state index contributed by atoms with van der Waals surface area (Å²) >= 11 is 0. The first-order chi connectivity index (χ1) is 14.8. The van der Waals surface area contributed by atoms with E-state index >= 15 is 0 Å². The standard InChI is InChI=1S/C23H26F3N3O2/c1-16-2-3-19-14-29(9-6-17(19)12-16)20-7-10-28(11-8-20)22(30)18-4-5-21(27-13-18)31-15-23(24,25)26/h2-5,12-13,20H,6-11,14-15H2,1H3. The van der Waals surface area contributed by atoms with E-state index in [2.05, 4.69) is 39.7 Å². The van der Waals surface area contributed by atoms with Crippen molar-refractivity contribution in [2.75, 3.05) is 26.2 Å². The predicted molar refractivity (Wildman–Crippen MR) is 110 cm³/mol. The molecule has 3 heterocycles. The van der Waals surface area contributed by atoms with Crippen LogP contribution in [0.3, 0.4) is 0 Å². The summed E-state index contributed by atoms with van der Waals surface area (Å²) in [5.74, 6) is -0.291. The Morgan fingerprint density at radius 1 is 1.13 bits per heavy atom. The molecule has 1 fully saturated rings. The maximum Gasteiger partial charge on any atom is 0.422 e. The van der Waals surface area contributed by atoms with Gasteiger partial charge in [0.05, 0.1) is 5.56 Å². The number of nitrogens with zero attached hydrogens (tertiary/aromatic N) is 3. The zero-order valence-corrected chi connectivity index (χ0v) is 17.5. The molecule has 166 valence electrons. The molecule has 0 unspecified atom stereocenters. The number of amides is 1. The molecule has 8 heteroatoms. The fourth-order valence-electron chi connectivity index (χ4n) is 4.38. The van der Waals surface area contributed by atoms with Crippen LogP contribution < -0.4 is 4.74 Å². The highest BCUT2D eigenvalue weighted by atomic mass is 19.4. The first-order valence-electron chi connectivity index (χ1n) is 10.6. The van der Waals surface area contributed by atoms with Gasteiger partial charge in [-0.25, -0.2) is 4.98 Å². The highest BCUT2D eigenvalue weighted by molar-refractivity contribution is 5.94. The summed E-state index contributed by atoms with van der Waals surface area (Å²) in [6.45, 7) is 4.04. The van der Waals surface area contributed by atoms with Crippen molar-refractivity contribution >= 4 is 5.91 Å². The fourth-order valence-corrected chi connectivity index (χ4v) is 4.38. The number of hydrogen-bond acceptors (Lipinski definition) is 4. The lowest BCUT2D eigenvalue weighted by molar-refractivity contribution is -0.154. The molecule has 0 atom stereocenters. The molecule has 0 N–H and O–H groups in total.